The molecule has 0 aliphatic rings. The predicted octanol–water partition coefficient (Wildman–Crippen LogP) is 3.91. The Morgan fingerprint density at radius 1 is 1.09 bits per heavy atom. The molecule has 22 heavy (non-hydrogen) atoms. The largest absolute Gasteiger partial charge is 0.488 e. The first kappa shape index (κ1) is 16.0. The summed E-state index contributed by atoms with van der Waals surface area (Å²) in [6.07, 6.45) is 0. The van der Waals surface area contributed by atoms with Crippen LogP contribution in [-0.4, -0.2) is 18.9 Å². The predicted molar refractivity (Wildman–Crippen MR) is 83.6 cm³/mol. The van der Waals surface area contributed by atoms with Crippen molar-refractivity contribution in [3.63, 3.8) is 0 Å². The van der Waals surface area contributed by atoms with Crippen LogP contribution in [0, 0.1) is 0 Å². The molecule has 0 spiro atoms. The van der Waals surface area contributed by atoms with Crippen molar-refractivity contribution in [3.8, 4) is 5.75 Å². The van der Waals surface area contributed by atoms with Crippen molar-refractivity contribution in [2.75, 3.05) is 7.11 Å². The fraction of sp³-hybridized carbons (Fsp3) is 0.176. The van der Waals surface area contributed by atoms with Crippen LogP contribution >= 0.6 is 11.6 Å². The fourth-order valence-electron chi connectivity index (χ4n) is 1.98. The molecule has 0 heterocycles. The van der Waals surface area contributed by atoms with Gasteiger partial charge >= 0.3 is 5.97 Å². The van der Waals surface area contributed by atoms with Gasteiger partial charge in [0.05, 0.1) is 12.1 Å². The third kappa shape index (κ3) is 3.46. The summed E-state index contributed by atoms with van der Waals surface area (Å²) < 4.78 is 10.4. The van der Waals surface area contributed by atoms with Gasteiger partial charge in [0.2, 0.25) is 0 Å². The van der Waals surface area contributed by atoms with Crippen molar-refractivity contribution in [1.82, 2.24) is 0 Å². The Labute approximate surface area is 133 Å². The normalized spacial score (nSPS) is 10.1. The number of carbonyl (C=O) groups excluding carboxylic acids is 2. The van der Waals surface area contributed by atoms with E-state index in [0.717, 1.165) is 5.56 Å². The van der Waals surface area contributed by atoms with Gasteiger partial charge in [-0.3, -0.25) is 4.79 Å². The zero-order chi connectivity index (χ0) is 16.1. The summed E-state index contributed by atoms with van der Waals surface area (Å²) in [5, 5.41) is 0.0462. The highest BCUT2D eigenvalue weighted by molar-refractivity contribution is 6.37. The molecule has 0 aromatic heterocycles. The van der Waals surface area contributed by atoms with Crippen molar-refractivity contribution < 1.29 is 19.1 Å². The number of carbonyl (C=O) groups is 2. The van der Waals surface area contributed by atoms with Crippen molar-refractivity contribution in [1.29, 1.82) is 0 Å². The molecule has 0 saturated heterocycles. The number of esters is 1. The van der Waals surface area contributed by atoms with E-state index >= 15 is 0 Å². The standard InChI is InChI=1S/C17H15ClO4/c1-11(19)13-8-9-14(15(16(13)18)17(20)21-2)22-10-12-6-4-3-5-7-12/h3-9H,10H2,1-2H3. The quantitative estimate of drug-likeness (QED) is 0.619. The average Bonchev–Trinajstić information content (AvgIpc) is 2.52. The molecule has 0 unspecified atom stereocenters. The number of methoxy groups -OCH3 is 1. The van der Waals surface area contributed by atoms with Gasteiger partial charge in [0.15, 0.2) is 5.78 Å². The second kappa shape index (κ2) is 7.09. The summed E-state index contributed by atoms with van der Waals surface area (Å²) in [7, 11) is 1.25. The van der Waals surface area contributed by atoms with Gasteiger partial charge < -0.3 is 9.47 Å². The van der Waals surface area contributed by atoms with Crippen LogP contribution in [0.3, 0.4) is 0 Å². The molecule has 114 valence electrons. The van der Waals surface area contributed by atoms with E-state index in [2.05, 4.69) is 0 Å². The molecule has 0 bridgehead atoms. The first-order valence-corrected chi connectivity index (χ1v) is 7.01. The maximum atomic E-state index is 11.9. The molecular weight excluding hydrogens is 304 g/mol. The molecule has 0 radical (unpaired) electrons. The van der Waals surface area contributed by atoms with E-state index in [9.17, 15) is 9.59 Å². The maximum Gasteiger partial charge on any atom is 0.343 e. The molecule has 0 saturated carbocycles. The average molecular weight is 319 g/mol. The van der Waals surface area contributed by atoms with E-state index in [-0.39, 0.29) is 34.3 Å². The summed E-state index contributed by atoms with van der Waals surface area (Å²) in [5.74, 6) is -0.591. The molecule has 0 atom stereocenters. The zero-order valence-electron chi connectivity index (χ0n) is 12.3. The Morgan fingerprint density at radius 3 is 2.36 bits per heavy atom. The van der Waals surface area contributed by atoms with E-state index in [1.54, 1.807) is 6.07 Å². The highest BCUT2D eigenvalue weighted by Crippen LogP contribution is 2.31. The maximum absolute atomic E-state index is 11.9. The molecule has 0 aliphatic heterocycles. The second-order valence-corrected chi connectivity index (χ2v) is 5.00. The van der Waals surface area contributed by atoms with Gasteiger partial charge in [-0.25, -0.2) is 4.79 Å². The Morgan fingerprint density at radius 2 is 1.77 bits per heavy atom. The van der Waals surface area contributed by atoms with Gasteiger partial charge in [0, 0.05) is 5.56 Å². The monoisotopic (exact) mass is 318 g/mol. The van der Waals surface area contributed by atoms with Crippen LogP contribution in [0.25, 0.3) is 0 Å². The topological polar surface area (TPSA) is 52.6 Å². The van der Waals surface area contributed by atoms with Gasteiger partial charge in [-0.05, 0) is 24.6 Å². The van der Waals surface area contributed by atoms with E-state index in [1.807, 2.05) is 30.3 Å². The highest BCUT2D eigenvalue weighted by atomic mass is 35.5. The summed E-state index contributed by atoms with van der Waals surface area (Å²) in [4.78, 5) is 23.5. The summed E-state index contributed by atoms with van der Waals surface area (Å²) in [6, 6.07) is 12.6. The van der Waals surface area contributed by atoms with Crippen LogP contribution < -0.4 is 4.74 Å². The fourth-order valence-corrected chi connectivity index (χ4v) is 2.34. The van der Waals surface area contributed by atoms with Gasteiger partial charge in [-0.2, -0.15) is 0 Å². The summed E-state index contributed by atoms with van der Waals surface area (Å²) in [5.41, 5.74) is 1.27. The lowest BCUT2D eigenvalue weighted by molar-refractivity contribution is 0.0595. The molecule has 2 rings (SSSR count). The minimum Gasteiger partial charge on any atom is -0.488 e. The second-order valence-electron chi connectivity index (χ2n) is 4.62. The minimum absolute atomic E-state index is 0.0462. The van der Waals surface area contributed by atoms with E-state index < -0.39 is 5.97 Å². The number of ketones is 1. The lowest BCUT2D eigenvalue weighted by Crippen LogP contribution is -2.09. The molecule has 0 N–H and O–H groups in total. The summed E-state index contributed by atoms with van der Waals surface area (Å²) >= 11 is 6.16. The third-order valence-corrected chi connectivity index (χ3v) is 3.50. The first-order valence-electron chi connectivity index (χ1n) is 6.63. The van der Waals surface area contributed by atoms with Crippen LogP contribution in [-0.2, 0) is 11.3 Å². The SMILES string of the molecule is COC(=O)c1c(OCc2ccccc2)ccc(C(C)=O)c1Cl. The van der Waals surface area contributed by atoms with Crippen molar-refractivity contribution in [2.24, 2.45) is 0 Å². The lowest BCUT2D eigenvalue weighted by Gasteiger charge is -2.13. The molecular formula is C17H15ClO4. The Kier molecular flexibility index (Phi) is 5.17. The molecule has 4 nitrogen and oxygen atoms in total. The first-order chi connectivity index (χ1) is 10.5. The van der Waals surface area contributed by atoms with Crippen LogP contribution in [0.5, 0.6) is 5.75 Å². The molecule has 0 fully saturated rings. The number of Topliss-reactive ketones (excluding diaryl/α,β-unsaturated/α-hetero) is 1. The van der Waals surface area contributed by atoms with Crippen LogP contribution in [0.15, 0.2) is 42.5 Å². The smallest absolute Gasteiger partial charge is 0.343 e. The van der Waals surface area contributed by atoms with E-state index in [1.165, 1.54) is 20.1 Å². The van der Waals surface area contributed by atoms with Gasteiger partial charge in [-0.1, -0.05) is 41.9 Å². The van der Waals surface area contributed by atoms with Crippen LogP contribution in [0.2, 0.25) is 5.02 Å². The third-order valence-electron chi connectivity index (χ3n) is 3.11. The van der Waals surface area contributed by atoms with Gasteiger partial charge in [-0.15, -0.1) is 0 Å². The molecule has 2 aromatic rings. The lowest BCUT2D eigenvalue weighted by atomic mass is 10.1. The van der Waals surface area contributed by atoms with Crippen molar-refractivity contribution in [2.45, 2.75) is 13.5 Å². The Hall–Kier alpha value is -2.33. The number of hydrogen-bond acceptors (Lipinski definition) is 4. The molecule has 0 aliphatic carbocycles. The Bertz CT molecular complexity index is 695. The summed E-state index contributed by atoms with van der Waals surface area (Å²) in [6.45, 7) is 1.66. The number of ether oxygens (including phenoxy) is 2. The van der Waals surface area contributed by atoms with Crippen LogP contribution in [0.1, 0.15) is 33.2 Å². The van der Waals surface area contributed by atoms with Gasteiger partial charge in [0.1, 0.15) is 17.9 Å². The number of hydrogen-bond donors (Lipinski definition) is 0. The highest BCUT2D eigenvalue weighted by Gasteiger charge is 2.22. The number of rotatable bonds is 5. The van der Waals surface area contributed by atoms with Crippen LogP contribution in [0.4, 0.5) is 0 Å². The molecule has 0 amide bonds. The number of halogens is 1. The van der Waals surface area contributed by atoms with Crippen molar-refractivity contribution in [3.05, 3.63) is 64.2 Å². The van der Waals surface area contributed by atoms with Crippen molar-refractivity contribution >= 4 is 23.4 Å². The molecule has 2 aromatic carbocycles. The van der Waals surface area contributed by atoms with E-state index in [4.69, 9.17) is 21.1 Å². The molecule has 5 heteroatoms. The van der Waals surface area contributed by atoms with Gasteiger partial charge in [0.25, 0.3) is 0 Å². The Balaban J connectivity index is 2.36. The number of benzene rings is 2. The minimum atomic E-state index is -0.642. The zero-order valence-corrected chi connectivity index (χ0v) is 13.0. The van der Waals surface area contributed by atoms with E-state index in [0.29, 0.717) is 0 Å².